The van der Waals surface area contributed by atoms with Crippen molar-refractivity contribution in [1.82, 2.24) is 19.9 Å². The van der Waals surface area contributed by atoms with Gasteiger partial charge in [0.2, 0.25) is 5.91 Å². The molecule has 0 aliphatic carbocycles. The van der Waals surface area contributed by atoms with Crippen LogP contribution in [0.3, 0.4) is 0 Å². The van der Waals surface area contributed by atoms with E-state index < -0.39 is 5.91 Å². The maximum atomic E-state index is 11.2. The van der Waals surface area contributed by atoms with Gasteiger partial charge in [-0.15, -0.1) is 0 Å². The van der Waals surface area contributed by atoms with Gasteiger partial charge in [0.25, 0.3) is 0 Å². The first kappa shape index (κ1) is 14.1. The number of aromatic nitrogens is 4. The van der Waals surface area contributed by atoms with Crippen molar-refractivity contribution in [3.8, 4) is 22.4 Å². The summed E-state index contributed by atoms with van der Waals surface area (Å²) in [5.74, 6) is -0.440. The first-order valence-corrected chi connectivity index (χ1v) is 7.38. The van der Waals surface area contributed by atoms with E-state index in [1.54, 1.807) is 18.5 Å². The smallest absolute Gasteiger partial charge is 0.248 e. The monoisotopic (exact) mass is 315 g/mol. The van der Waals surface area contributed by atoms with Crippen molar-refractivity contribution in [3.63, 3.8) is 0 Å². The average Bonchev–Trinajstić information content (AvgIpc) is 3.10. The number of hydrogen-bond acceptors (Lipinski definition) is 4. The van der Waals surface area contributed by atoms with Gasteiger partial charge < -0.3 is 10.7 Å². The van der Waals surface area contributed by atoms with Crippen molar-refractivity contribution in [2.45, 2.75) is 0 Å². The standard InChI is InChI=1S/C18H13N5O/c19-17(24)12-7-5-11(6-8-12)13-3-1-2-4-14(13)15-16-18(22-9-20-15)23-10-21-16/h1-10H,(H2,19,24)(H,20,21,22,23). The van der Waals surface area contributed by atoms with E-state index in [1.165, 1.54) is 6.33 Å². The number of nitrogens with one attached hydrogen (secondary N) is 1. The van der Waals surface area contributed by atoms with Crippen molar-refractivity contribution in [3.05, 3.63) is 66.7 Å². The topological polar surface area (TPSA) is 97.6 Å². The summed E-state index contributed by atoms with van der Waals surface area (Å²) in [5.41, 5.74) is 10.9. The van der Waals surface area contributed by atoms with Crippen LogP contribution in [-0.2, 0) is 0 Å². The Hall–Kier alpha value is -3.54. The van der Waals surface area contributed by atoms with E-state index in [4.69, 9.17) is 5.73 Å². The molecule has 0 saturated heterocycles. The summed E-state index contributed by atoms with van der Waals surface area (Å²) in [4.78, 5) is 27.1. The van der Waals surface area contributed by atoms with Crippen LogP contribution in [0.15, 0.2) is 61.2 Å². The van der Waals surface area contributed by atoms with Crippen LogP contribution in [0.1, 0.15) is 10.4 Å². The van der Waals surface area contributed by atoms with Crippen LogP contribution in [0.2, 0.25) is 0 Å². The highest BCUT2D eigenvalue weighted by Crippen LogP contribution is 2.33. The first-order valence-electron chi connectivity index (χ1n) is 7.38. The number of benzene rings is 2. The van der Waals surface area contributed by atoms with Crippen LogP contribution in [0.4, 0.5) is 0 Å². The number of amides is 1. The fourth-order valence-electron chi connectivity index (χ4n) is 2.72. The van der Waals surface area contributed by atoms with Crippen LogP contribution < -0.4 is 5.73 Å². The number of imidazole rings is 1. The molecule has 0 unspecified atom stereocenters. The molecule has 2 heterocycles. The molecule has 4 rings (SSSR count). The molecular formula is C18H13N5O. The van der Waals surface area contributed by atoms with Crippen molar-refractivity contribution in [1.29, 1.82) is 0 Å². The first-order chi connectivity index (χ1) is 11.7. The molecule has 0 bridgehead atoms. The average molecular weight is 315 g/mol. The molecule has 0 fully saturated rings. The molecule has 24 heavy (non-hydrogen) atoms. The van der Waals surface area contributed by atoms with Gasteiger partial charge in [0, 0.05) is 11.1 Å². The van der Waals surface area contributed by atoms with Crippen LogP contribution in [0.5, 0.6) is 0 Å². The van der Waals surface area contributed by atoms with Gasteiger partial charge in [0.15, 0.2) is 5.65 Å². The lowest BCUT2D eigenvalue weighted by molar-refractivity contribution is 0.100. The summed E-state index contributed by atoms with van der Waals surface area (Å²) in [6, 6.07) is 15.1. The minimum Gasteiger partial charge on any atom is -0.366 e. The fourth-order valence-corrected chi connectivity index (χ4v) is 2.72. The van der Waals surface area contributed by atoms with E-state index in [9.17, 15) is 4.79 Å². The molecule has 6 nitrogen and oxygen atoms in total. The van der Waals surface area contributed by atoms with Crippen LogP contribution in [-0.4, -0.2) is 25.8 Å². The predicted molar refractivity (Wildman–Crippen MR) is 91.1 cm³/mol. The number of nitrogens with two attached hydrogens (primary N) is 1. The molecule has 116 valence electrons. The van der Waals surface area contributed by atoms with Crippen LogP contribution in [0.25, 0.3) is 33.5 Å². The van der Waals surface area contributed by atoms with Gasteiger partial charge in [-0.3, -0.25) is 4.79 Å². The van der Waals surface area contributed by atoms with E-state index in [0.29, 0.717) is 11.2 Å². The highest BCUT2D eigenvalue weighted by atomic mass is 16.1. The Morgan fingerprint density at radius 2 is 1.67 bits per heavy atom. The summed E-state index contributed by atoms with van der Waals surface area (Å²) >= 11 is 0. The van der Waals surface area contributed by atoms with E-state index in [0.717, 1.165) is 27.9 Å². The Morgan fingerprint density at radius 1 is 0.917 bits per heavy atom. The molecular weight excluding hydrogens is 302 g/mol. The lowest BCUT2D eigenvalue weighted by Gasteiger charge is -2.10. The summed E-state index contributed by atoms with van der Waals surface area (Å²) < 4.78 is 0. The van der Waals surface area contributed by atoms with Crippen molar-refractivity contribution < 1.29 is 4.79 Å². The van der Waals surface area contributed by atoms with Gasteiger partial charge in [0.1, 0.15) is 17.5 Å². The Labute approximate surface area is 137 Å². The third-order valence-electron chi connectivity index (χ3n) is 3.89. The van der Waals surface area contributed by atoms with E-state index >= 15 is 0 Å². The lowest BCUT2D eigenvalue weighted by atomic mass is 9.96. The Morgan fingerprint density at radius 3 is 2.42 bits per heavy atom. The van der Waals surface area contributed by atoms with Gasteiger partial charge in [0.05, 0.1) is 6.33 Å². The molecule has 0 saturated carbocycles. The summed E-state index contributed by atoms with van der Waals surface area (Å²) in [5, 5.41) is 0. The number of aromatic amines is 1. The number of carbonyl (C=O) groups excluding carboxylic acids is 1. The number of primary amides is 1. The maximum absolute atomic E-state index is 11.2. The molecule has 0 spiro atoms. The highest BCUT2D eigenvalue weighted by Gasteiger charge is 2.13. The number of rotatable bonds is 3. The minimum absolute atomic E-state index is 0.440. The van der Waals surface area contributed by atoms with Crippen LogP contribution >= 0.6 is 0 Å². The zero-order valence-electron chi connectivity index (χ0n) is 12.6. The van der Waals surface area contributed by atoms with Crippen molar-refractivity contribution in [2.75, 3.05) is 0 Å². The second-order valence-corrected chi connectivity index (χ2v) is 5.31. The molecule has 4 aromatic rings. The second kappa shape index (κ2) is 5.58. The summed E-state index contributed by atoms with van der Waals surface area (Å²) in [6.07, 6.45) is 3.11. The molecule has 2 aromatic heterocycles. The molecule has 0 aliphatic rings. The normalized spacial score (nSPS) is 10.8. The third-order valence-corrected chi connectivity index (χ3v) is 3.89. The van der Waals surface area contributed by atoms with Gasteiger partial charge >= 0.3 is 0 Å². The van der Waals surface area contributed by atoms with E-state index in [-0.39, 0.29) is 0 Å². The molecule has 3 N–H and O–H groups in total. The number of fused-ring (bicyclic) bond motifs is 1. The highest BCUT2D eigenvalue weighted by molar-refractivity contribution is 5.95. The Kier molecular flexibility index (Phi) is 3.28. The zero-order valence-corrected chi connectivity index (χ0v) is 12.6. The second-order valence-electron chi connectivity index (χ2n) is 5.31. The molecule has 0 atom stereocenters. The van der Waals surface area contributed by atoms with Gasteiger partial charge in [-0.25, -0.2) is 15.0 Å². The van der Waals surface area contributed by atoms with Gasteiger partial charge in [-0.2, -0.15) is 0 Å². The molecule has 2 aromatic carbocycles. The largest absolute Gasteiger partial charge is 0.366 e. The number of nitrogens with zero attached hydrogens (tertiary/aromatic N) is 3. The summed E-state index contributed by atoms with van der Waals surface area (Å²) in [7, 11) is 0. The molecule has 1 amide bonds. The van der Waals surface area contributed by atoms with Crippen molar-refractivity contribution >= 4 is 17.1 Å². The quantitative estimate of drug-likeness (QED) is 0.607. The van der Waals surface area contributed by atoms with Gasteiger partial charge in [-0.05, 0) is 23.3 Å². The number of H-pyrrole nitrogens is 1. The van der Waals surface area contributed by atoms with Crippen molar-refractivity contribution in [2.24, 2.45) is 5.73 Å². The number of hydrogen-bond donors (Lipinski definition) is 2. The van der Waals surface area contributed by atoms with Gasteiger partial charge in [-0.1, -0.05) is 36.4 Å². The number of carbonyl (C=O) groups is 1. The Bertz CT molecular complexity index is 1040. The van der Waals surface area contributed by atoms with Crippen LogP contribution in [0, 0.1) is 0 Å². The minimum atomic E-state index is -0.440. The molecule has 6 heteroatoms. The van der Waals surface area contributed by atoms with E-state index in [1.807, 2.05) is 36.4 Å². The predicted octanol–water partition coefficient (Wildman–Crippen LogP) is 2.79. The lowest BCUT2D eigenvalue weighted by Crippen LogP contribution is -2.10. The van der Waals surface area contributed by atoms with E-state index in [2.05, 4.69) is 19.9 Å². The SMILES string of the molecule is NC(=O)c1ccc(-c2ccccc2-c2ncnc3nc[nH]c23)cc1. The zero-order chi connectivity index (χ0) is 16.5. The molecule has 0 radical (unpaired) electrons. The Balaban J connectivity index is 1.90. The summed E-state index contributed by atoms with van der Waals surface area (Å²) in [6.45, 7) is 0. The fraction of sp³-hybridized carbons (Fsp3) is 0. The third kappa shape index (κ3) is 2.30. The molecule has 0 aliphatic heterocycles. The maximum Gasteiger partial charge on any atom is 0.248 e.